The van der Waals surface area contributed by atoms with Crippen LogP contribution in [0.4, 0.5) is 0 Å². The number of rotatable bonds is 1. The third kappa shape index (κ3) is 1.90. The molecule has 1 heterocycles. The molecule has 0 aliphatic carbocycles. The monoisotopic (exact) mass is 213 g/mol. The second kappa shape index (κ2) is 3.82. The third-order valence-corrected chi connectivity index (χ3v) is 2.86. The van der Waals surface area contributed by atoms with Gasteiger partial charge in [-0.05, 0) is 31.2 Å². The van der Waals surface area contributed by atoms with Gasteiger partial charge in [-0.2, -0.15) is 0 Å². The molecule has 84 valence electrons. The molecule has 1 heteroatoms. The smallest absolute Gasteiger partial charge is 0.0455 e. The summed E-state index contributed by atoms with van der Waals surface area (Å²) in [5.74, 6) is 0. The van der Waals surface area contributed by atoms with Gasteiger partial charge in [0.05, 0.1) is 0 Å². The minimum Gasteiger partial charge on any atom is -0.318 e. The predicted octanol–water partition coefficient (Wildman–Crippen LogP) is 4.08. The minimum absolute atomic E-state index is 0.171. The molecule has 1 aromatic heterocycles. The first-order chi connectivity index (χ1) is 7.50. The molecule has 0 radical (unpaired) electrons. The lowest BCUT2D eigenvalue weighted by Crippen LogP contribution is -2.17. The maximum Gasteiger partial charge on any atom is 0.0455 e. The molecule has 0 saturated heterocycles. The summed E-state index contributed by atoms with van der Waals surface area (Å²) < 4.78 is 2.33. The first-order valence-corrected chi connectivity index (χ1v) is 5.74. The zero-order valence-corrected chi connectivity index (χ0v) is 10.5. The molecule has 16 heavy (non-hydrogen) atoms. The molecule has 0 amide bonds. The van der Waals surface area contributed by atoms with Crippen molar-refractivity contribution >= 4 is 0 Å². The van der Waals surface area contributed by atoms with Crippen LogP contribution in [0.3, 0.4) is 0 Å². The predicted molar refractivity (Wildman–Crippen MR) is 69.2 cm³/mol. The van der Waals surface area contributed by atoms with Crippen molar-refractivity contribution in [2.24, 2.45) is 0 Å². The lowest BCUT2D eigenvalue weighted by atomic mass is 9.92. The van der Waals surface area contributed by atoms with E-state index in [-0.39, 0.29) is 5.41 Å². The zero-order chi connectivity index (χ0) is 11.8. The van der Waals surface area contributed by atoms with E-state index < -0.39 is 0 Å². The van der Waals surface area contributed by atoms with E-state index in [1.165, 1.54) is 17.1 Å². The Balaban J connectivity index is 2.61. The van der Waals surface area contributed by atoms with Crippen molar-refractivity contribution in [2.75, 3.05) is 0 Å². The first-order valence-electron chi connectivity index (χ1n) is 5.74. The molecule has 0 saturated carbocycles. The van der Waals surface area contributed by atoms with Crippen LogP contribution in [0.15, 0.2) is 42.5 Å². The second-order valence-corrected chi connectivity index (χ2v) is 5.28. The molecule has 0 bridgehead atoms. The van der Waals surface area contributed by atoms with Crippen LogP contribution in [-0.2, 0) is 5.41 Å². The van der Waals surface area contributed by atoms with Gasteiger partial charge in [-0.25, -0.2) is 0 Å². The summed E-state index contributed by atoms with van der Waals surface area (Å²) in [5.41, 5.74) is 4.06. The molecule has 2 rings (SSSR count). The van der Waals surface area contributed by atoms with Crippen LogP contribution in [-0.4, -0.2) is 4.57 Å². The highest BCUT2D eigenvalue weighted by atomic mass is 15.0. The fraction of sp³-hybridized carbons (Fsp3) is 0.333. The number of nitrogens with zero attached hydrogens (tertiary/aromatic N) is 1. The molecule has 0 aliphatic rings. The maximum atomic E-state index is 2.33. The van der Waals surface area contributed by atoms with Crippen molar-refractivity contribution < 1.29 is 0 Å². The Labute approximate surface area is 97.7 Å². The zero-order valence-electron chi connectivity index (χ0n) is 10.5. The second-order valence-electron chi connectivity index (χ2n) is 5.28. The number of hydrogen-bond donors (Lipinski definition) is 0. The maximum absolute atomic E-state index is 2.33. The Kier molecular flexibility index (Phi) is 2.63. The molecule has 1 nitrogen and oxygen atoms in total. The van der Waals surface area contributed by atoms with Crippen molar-refractivity contribution in [3.05, 3.63) is 53.9 Å². The number of hydrogen-bond acceptors (Lipinski definition) is 0. The summed E-state index contributed by atoms with van der Waals surface area (Å²) in [4.78, 5) is 0. The number of benzene rings is 1. The SMILES string of the molecule is Cc1ccc(C(C)(C)C)n1-c1ccccc1. The highest BCUT2D eigenvalue weighted by Crippen LogP contribution is 2.27. The summed E-state index contributed by atoms with van der Waals surface area (Å²) >= 11 is 0. The van der Waals surface area contributed by atoms with E-state index in [0.717, 1.165) is 0 Å². The summed E-state index contributed by atoms with van der Waals surface area (Å²) in [6.45, 7) is 8.91. The largest absolute Gasteiger partial charge is 0.318 e. The quantitative estimate of drug-likeness (QED) is 0.672. The molecule has 0 atom stereocenters. The van der Waals surface area contributed by atoms with Crippen LogP contribution in [0.25, 0.3) is 5.69 Å². The highest BCUT2D eigenvalue weighted by molar-refractivity contribution is 5.39. The van der Waals surface area contributed by atoms with Gasteiger partial charge in [0.25, 0.3) is 0 Å². The standard InChI is InChI=1S/C15H19N/c1-12-10-11-14(15(2,3)4)16(12)13-8-6-5-7-9-13/h5-11H,1-4H3. The summed E-state index contributed by atoms with van der Waals surface area (Å²) in [7, 11) is 0. The molecular formula is C15H19N. The fourth-order valence-corrected chi connectivity index (χ4v) is 2.04. The van der Waals surface area contributed by atoms with Crippen LogP contribution in [0.1, 0.15) is 32.2 Å². The van der Waals surface area contributed by atoms with Crippen molar-refractivity contribution in [1.82, 2.24) is 4.57 Å². The van der Waals surface area contributed by atoms with Crippen LogP contribution in [0, 0.1) is 6.92 Å². The molecule has 0 spiro atoms. The molecular weight excluding hydrogens is 194 g/mol. The van der Waals surface area contributed by atoms with Crippen molar-refractivity contribution in [3.8, 4) is 5.69 Å². The Morgan fingerprint density at radius 3 is 2.06 bits per heavy atom. The third-order valence-electron chi connectivity index (χ3n) is 2.86. The van der Waals surface area contributed by atoms with Crippen molar-refractivity contribution in [2.45, 2.75) is 33.1 Å². The van der Waals surface area contributed by atoms with E-state index in [9.17, 15) is 0 Å². The van der Waals surface area contributed by atoms with E-state index in [2.05, 4.69) is 74.7 Å². The van der Waals surface area contributed by atoms with Gasteiger partial charge in [-0.3, -0.25) is 0 Å². The van der Waals surface area contributed by atoms with E-state index in [1.54, 1.807) is 0 Å². The van der Waals surface area contributed by atoms with Gasteiger partial charge in [0.2, 0.25) is 0 Å². The number of aryl methyl sites for hydroxylation is 1. The van der Waals surface area contributed by atoms with Crippen LogP contribution < -0.4 is 0 Å². The number of aromatic nitrogens is 1. The van der Waals surface area contributed by atoms with Gasteiger partial charge in [-0.1, -0.05) is 39.0 Å². The lowest BCUT2D eigenvalue weighted by Gasteiger charge is -2.22. The van der Waals surface area contributed by atoms with E-state index >= 15 is 0 Å². The van der Waals surface area contributed by atoms with Crippen LogP contribution >= 0.6 is 0 Å². The van der Waals surface area contributed by atoms with Crippen molar-refractivity contribution in [1.29, 1.82) is 0 Å². The van der Waals surface area contributed by atoms with Gasteiger partial charge in [0, 0.05) is 22.5 Å². The van der Waals surface area contributed by atoms with Gasteiger partial charge in [-0.15, -0.1) is 0 Å². The normalized spacial score (nSPS) is 11.8. The fourth-order valence-electron chi connectivity index (χ4n) is 2.04. The van der Waals surface area contributed by atoms with E-state index in [0.29, 0.717) is 0 Å². The number of para-hydroxylation sites is 1. The first kappa shape index (κ1) is 11.0. The van der Waals surface area contributed by atoms with Gasteiger partial charge in [0.1, 0.15) is 0 Å². The minimum atomic E-state index is 0.171. The Bertz CT molecular complexity index is 472. The Hall–Kier alpha value is -1.50. The average molecular weight is 213 g/mol. The van der Waals surface area contributed by atoms with Gasteiger partial charge < -0.3 is 4.57 Å². The van der Waals surface area contributed by atoms with Crippen molar-refractivity contribution in [3.63, 3.8) is 0 Å². The average Bonchev–Trinajstić information content (AvgIpc) is 2.61. The summed E-state index contributed by atoms with van der Waals surface area (Å²) in [6.07, 6.45) is 0. The van der Waals surface area contributed by atoms with Gasteiger partial charge >= 0.3 is 0 Å². The van der Waals surface area contributed by atoms with Gasteiger partial charge in [0.15, 0.2) is 0 Å². The topological polar surface area (TPSA) is 4.93 Å². The lowest BCUT2D eigenvalue weighted by molar-refractivity contribution is 0.554. The van der Waals surface area contributed by atoms with E-state index in [4.69, 9.17) is 0 Å². The summed E-state index contributed by atoms with van der Waals surface area (Å²) in [5, 5.41) is 0. The highest BCUT2D eigenvalue weighted by Gasteiger charge is 2.19. The molecule has 0 fully saturated rings. The van der Waals surface area contributed by atoms with Crippen LogP contribution in [0.5, 0.6) is 0 Å². The summed E-state index contributed by atoms with van der Waals surface area (Å²) in [6, 6.07) is 14.9. The molecule has 1 aromatic carbocycles. The Morgan fingerprint density at radius 2 is 1.50 bits per heavy atom. The Morgan fingerprint density at radius 1 is 0.875 bits per heavy atom. The molecule has 0 N–H and O–H groups in total. The molecule has 0 unspecified atom stereocenters. The van der Waals surface area contributed by atoms with Crippen LogP contribution in [0.2, 0.25) is 0 Å². The van der Waals surface area contributed by atoms with E-state index in [1.807, 2.05) is 0 Å². The molecule has 2 aromatic rings. The molecule has 0 aliphatic heterocycles.